The third-order valence-corrected chi connectivity index (χ3v) is 7.49. The quantitative estimate of drug-likeness (QED) is 0.586. The molecule has 0 saturated heterocycles. The lowest BCUT2D eigenvalue weighted by Gasteiger charge is -2.32. The SMILES string of the molecule is CN(Cn1c(=S)n(CN(C)C2CCCCC2)c2ccccc21)C1CCCCC1. The third-order valence-electron chi connectivity index (χ3n) is 7.05. The maximum absolute atomic E-state index is 6.01. The highest BCUT2D eigenvalue weighted by atomic mass is 32.1. The van der Waals surface area contributed by atoms with E-state index in [1.54, 1.807) is 0 Å². The Bertz CT molecular complexity index is 761. The smallest absolute Gasteiger partial charge is 0.183 e. The molecule has 28 heavy (non-hydrogen) atoms. The van der Waals surface area contributed by atoms with Crippen molar-refractivity contribution in [3.05, 3.63) is 29.0 Å². The van der Waals surface area contributed by atoms with Gasteiger partial charge in [0.1, 0.15) is 0 Å². The van der Waals surface area contributed by atoms with Gasteiger partial charge in [-0.1, -0.05) is 50.7 Å². The molecule has 0 spiro atoms. The molecular weight excluding hydrogens is 364 g/mol. The minimum absolute atomic E-state index is 0.697. The van der Waals surface area contributed by atoms with Crippen LogP contribution >= 0.6 is 12.2 Å². The molecule has 4 nitrogen and oxygen atoms in total. The molecule has 2 aliphatic rings. The topological polar surface area (TPSA) is 16.3 Å². The molecule has 2 saturated carbocycles. The van der Waals surface area contributed by atoms with Crippen LogP contribution in [0, 0.1) is 4.77 Å². The molecule has 0 radical (unpaired) electrons. The van der Waals surface area contributed by atoms with Gasteiger partial charge in [-0.2, -0.15) is 0 Å². The number of nitrogens with zero attached hydrogens (tertiary/aromatic N) is 4. The number of rotatable bonds is 6. The predicted molar refractivity (Wildman–Crippen MR) is 120 cm³/mol. The molecule has 0 bridgehead atoms. The number of aromatic nitrogens is 2. The molecule has 5 heteroatoms. The minimum Gasteiger partial charge on any atom is -0.303 e. The first-order valence-corrected chi connectivity index (χ1v) is 11.6. The molecule has 0 N–H and O–H groups in total. The summed E-state index contributed by atoms with van der Waals surface area (Å²) in [7, 11) is 4.55. The van der Waals surface area contributed by atoms with Crippen LogP contribution in [0.4, 0.5) is 0 Å². The summed E-state index contributed by atoms with van der Waals surface area (Å²) in [5.41, 5.74) is 2.54. The Labute approximate surface area is 175 Å². The van der Waals surface area contributed by atoms with E-state index in [-0.39, 0.29) is 0 Å². The van der Waals surface area contributed by atoms with Crippen LogP contribution in [0.25, 0.3) is 11.0 Å². The van der Waals surface area contributed by atoms with Crippen LogP contribution in [0.3, 0.4) is 0 Å². The third kappa shape index (κ3) is 4.22. The van der Waals surface area contributed by atoms with Gasteiger partial charge in [-0.3, -0.25) is 9.80 Å². The van der Waals surface area contributed by atoms with E-state index in [0.717, 1.165) is 18.1 Å². The number of fused-ring (bicyclic) bond motifs is 1. The fraction of sp³-hybridized carbons (Fsp3) is 0.696. The highest BCUT2D eigenvalue weighted by Crippen LogP contribution is 2.26. The number of hydrogen-bond acceptors (Lipinski definition) is 3. The van der Waals surface area contributed by atoms with Gasteiger partial charge in [0.25, 0.3) is 0 Å². The Morgan fingerprint density at radius 2 is 1.14 bits per heavy atom. The molecule has 0 aliphatic heterocycles. The van der Waals surface area contributed by atoms with Crippen molar-refractivity contribution in [2.75, 3.05) is 14.1 Å². The van der Waals surface area contributed by atoms with Gasteiger partial charge in [-0.15, -0.1) is 0 Å². The minimum atomic E-state index is 0.697. The second-order valence-corrected chi connectivity index (χ2v) is 9.37. The van der Waals surface area contributed by atoms with Gasteiger partial charge >= 0.3 is 0 Å². The van der Waals surface area contributed by atoms with Crippen LogP contribution in [-0.2, 0) is 13.3 Å². The van der Waals surface area contributed by atoms with Crippen molar-refractivity contribution < 1.29 is 0 Å². The zero-order valence-corrected chi connectivity index (χ0v) is 18.5. The van der Waals surface area contributed by atoms with E-state index < -0.39 is 0 Å². The average Bonchev–Trinajstić information content (AvgIpc) is 3.01. The van der Waals surface area contributed by atoms with Gasteiger partial charge in [-0.05, 0) is 64.1 Å². The summed E-state index contributed by atoms with van der Waals surface area (Å²) in [6.45, 7) is 1.79. The fourth-order valence-corrected chi connectivity index (χ4v) is 5.58. The molecule has 4 rings (SSSR count). The molecule has 154 valence electrons. The number of benzene rings is 1. The van der Waals surface area contributed by atoms with Crippen LogP contribution in [0.1, 0.15) is 64.2 Å². The van der Waals surface area contributed by atoms with Crippen LogP contribution in [0.5, 0.6) is 0 Å². The normalized spacial score (nSPS) is 19.9. The first kappa shape index (κ1) is 20.1. The summed E-state index contributed by atoms with van der Waals surface area (Å²) in [4.78, 5) is 5.05. The van der Waals surface area contributed by atoms with E-state index in [2.05, 4.69) is 57.3 Å². The van der Waals surface area contributed by atoms with Crippen LogP contribution in [0.15, 0.2) is 24.3 Å². The molecule has 1 heterocycles. The average molecular weight is 401 g/mol. The fourth-order valence-electron chi connectivity index (χ4n) is 5.27. The first-order chi connectivity index (χ1) is 13.6. The standard InChI is InChI=1S/C23H36N4S/c1-24(19-11-5-3-6-12-19)17-26-21-15-9-10-16-22(21)27(23(26)28)18-25(2)20-13-7-4-8-14-20/h9-10,15-16,19-20H,3-8,11-14,17-18H2,1-2H3. The Hall–Kier alpha value is -1.17. The van der Waals surface area contributed by atoms with Crippen LogP contribution in [0.2, 0.25) is 0 Å². The van der Waals surface area contributed by atoms with Gasteiger partial charge in [-0.25, -0.2) is 0 Å². The highest BCUT2D eigenvalue weighted by Gasteiger charge is 2.22. The van der Waals surface area contributed by atoms with E-state index in [4.69, 9.17) is 12.2 Å². The molecule has 1 aromatic carbocycles. The predicted octanol–water partition coefficient (Wildman–Crippen LogP) is 5.62. The Kier molecular flexibility index (Phi) is 6.54. The summed E-state index contributed by atoms with van der Waals surface area (Å²) >= 11 is 6.01. The van der Waals surface area contributed by atoms with E-state index in [0.29, 0.717) is 12.1 Å². The molecular formula is C23H36N4S. The molecule has 0 amide bonds. The van der Waals surface area contributed by atoms with Crippen molar-refractivity contribution in [3.8, 4) is 0 Å². The van der Waals surface area contributed by atoms with Crippen molar-refractivity contribution >= 4 is 23.3 Å². The molecule has 0 unspecified atom stereocenters. The van der Waals surface area contributed by atoms with Gasteiger partial charge in [0.2, 0.25) is 0 Å². The van der Waals surface area contributed by atoms with Crippen molar-refractivity contribution in [1.82, 2.24) is 18.9 Å². The Balaban J connectivity index is 1.59. The van der Waals surface area contributed by atoms with Crippen LogP contribution < -0.4 is 0 Å². The van der Waals surface area contributed by atoms with Crippen molar-refractivity contribution in [1.29, 1.82) is 0 Å². The molecule has 2 fully saturated rings. The zero-order valence-electron chi connectivity index (χ0n) is 17.6. The van der Waals surface area contributed by atoms with Gasteiger partial charge in [0.05, 0.1) is 24.4 Å². The number of para-hydroxylation sites is 2. The van der Waals surface area contributed by atoms with Crippen molar-refractivity contribution in [2.24, 2.45) is 0 Å². The van der Waals surface area contributed by atoms with Gasteiger partial charge in [0, 0.05) is 12.1 Å². The summed E-state index contributed by atoms with van der Waals surface area (Å²) in [6, 6.07) is 10.1. The van der Waals surface area contributed by atoms with Crippen molar-refractivity contribution in [2.45, 2.75) is 89.6 Å². The molecule has 2 aromatic rings. The number of hydrogen-bond donors (Lipinski definition) is 0. The van der Waals surface area contributed by atoms with Gasteiger partial charge < -0.3 is 9.13 Å². The summed E-state index contributed by atoms with van der Waals surface area (Å²) in [5, 5.41) is 0. The summed E-state index contributed by atoms with van der Waals surface area (Å²) in [6.07, 6.45) is 13.6. The Morgan fingerprint density at radius 1 is 0.750 bits per heavy atom. The van der Waals surface area contributed by atoms with Crippen LogP contribution in [-0.4, -0.2) is 45.1 Å². The second-order valence-electron chi connectivity index (χ2n) is 9.01. The Morgan fingerprint density at radius 3 is 1.54 bits per heavy atom. The van der Waals surface area contributed by atoms with E-state index in [1.165, 1.54) is 75.2 Å². The van der Waals surface area contributed by atoms with Crippen molar-refractivity contribution in [3.63, 3.8) is 0 Å². The maximum atomic E-state index is 6.01. The lowest BCUT2D eigenvalue weighted by atomic mass is 9.95. The summed E-state index contributed by atoms with van der Waals surface area (Å²) < 4.78 is 5.67. The lowest BCUT2D eigenvalue weighted by Crippen LogP contribution is -2.36. The molecule has 2 aliphatic carbocycles. The lowest BCUT2D eigenvalue weighted by molar-refractivity contribution is 0.146. The van der Waals surface area contributed by atoms with E-state index in [1.807, 2.05) is 0 Å². The van der Waals surface area contributed by atoms with E-state index in [9.17, 15) is 0 Å². The maximum Gasteiger partial charge on any atom is 0.183 e. The largest absolute Gasteiger partial charge is 0.303 e. The number of imidazole rings is 1. The second kappa shape index (κ2) is 9.10. The zero-order chi connectivity index (χ0) is 19.5. The molecule has 0 atom stereocenters. The first-order valence-electron chi connectivity index (χ1n) is 11.2. The molecule has 1 aromatic heterocycles. The van der Waals surface area contributed by atoms with Gasteiger partial charge in [0.15, 0.2) is 4.77 Å². The highest BCUT2D eigenvalue weighted by molar-refractivity contribution is 7.71. The summed E-state index contributed by atoms with van der Waals surface area (Å²) in [5.74, 6) is 0. The van der Waals surface area contributed by atoms with E-state index >= 15 is 0 Å². The monoisotopic (exact) mass is 400 g/mol.